The van der Waals surface area contributed by atoms with Crippen LogP contribution in [0.3, 0.4) is 0 Å². The van der Waals surface area contributed by atoms with E-state index < -0.39 is 0 Å². The molecule has 3 heteroatoms. The summed E-state index contributed by atoms with van der Waals surface area (Å²) in [6, 6.07) is 9.03. The molecule has 1 aromatic heterocycles. The molecule has 3 rings (SSSR count). The lowest BCUT2D eigenvalue weighted by Crippen LogP contribution is -2.41. The van der Waals surface area contributed by atoms with Crippen molar-refractivity contribution in [2.24, 2.45) is 0 Å². The van der Waals surface area contributed by atoms with Crippen LogP contribution in [0.25, 0.3) is 10.9 Å². The SMILES string of the molecule is CCCC[C@H]1N[C@@H](CO)Cc2c1[nH]c1ccccc21. The van der Waals surface area contributed by atoms with Crippen LogP contribution in [0.2, 0.25) is 0 Å². The van der Waals surface area contributed by atoms with Crippen molar-refractivity contribution in [1.82, 2.24) is 10.3 Å². The molecule has 0 saturated carbocycles. The Morgan fingerprint density at radius 1 is 1.32 bits per heavy atom. The van der Waals surface area contributed by atoms with E-state index in [0.29, 0.717) is 6.04 Å². The van der Waals surface area contributed by atoms with Gasteiger partial charge in [0, 0.05) is 28.7 Å². The first-order valence-corrected chi connectivity index (χ1v) is 7.30. The third-order valence-electron chi connectivity index (χ3n) is 4.15. The molecule has 3 nitrogen and oxygen atoms in total. The maximum atomic E-state index is 9.50. The Labute approximate surface area is 114 Å². The van der Waals surface area contributed by atoms with Crippen molar-refractivity contribution in [3.05, 3.63) is 35.5 Å². The number of aliphatic hydroxyl groups is 1. The maximum absolute atomic E-state index is 9.50. The lowest BCUT2D eigenvalue weighted by molar-refractivity contribution is 0.219. The van der Waals surface area contributed by atoms with Crippen LogP contribution < -0.4 is 5.32 Å². The van der Waals surface area contributed by atoms with E-state index in [1.165, 1.54) is 35.0 Å². The number of nitrogens with one attached hydrogen (secondary N) is 2. The third-order valence-corrected chi connectivity index (χ3v) is 4.15. The number of aliphatic hydroxyl groups excluding tert-OH is 1. The molecule has 0 radical (unpaired) electrons. The highest BCUT2D eigenvalue weighted by Crippen LogP contribution is 2.33. The summed E-state index contributed by atoms with van der Waals surface area (Å²) in [7, 11) is 0. The molecule has 0 aliphatic carbocycles. The molecule has 0 spiro atoms. The number of aromatic nitrogens is 1. The predicted octanol–water partition coefficient (Wildman–Crippen LogP) is 2.91. The lowest BCUT2D eigenvalue weighted by atomic mass is 9.92. The Kier molecular flexibility index (Phi) is 3.58. The smallest absolute Gasteiger partial charge is 0.0588 e. The van der Waals surface area contributed by atoms with Crippen molar-refractivity contribution in [2.45, 2.75) is 44.7 Å². The number of para-hydroxylation sites is 1. The van der Waals surface area contributed by atoms with E-state index in [2.05, 4.69) is 41.5 Å². The number of hydrogen-bond acceptors (Lipinski definition) is 2. The van der Waals surface area contributed by atoms with Gasteiger partial charge in [-0.2, -0.15) is 0 Å². The minimum absolute atomic E-state index is 0.188. The van der Waals surface area contributed by atoms with Gasteiger partial charge in [-0.05, 0) is 24.5 Å². The molecule has 0 fully saturated rings. The van der Waals surface area contributed by atoms with Crippen LogP contribution in [0.1, 0.15) is 43.5 Å². The van der Waals surface area contributed by atoms with Gasteiger partial charge < -0.3 is 15.4 Å². The summed E-state index contributed by atoms with van der Waals surface area (Å²) in [5, 5.41) is 14.4. The van der Waals surface area contributed by atoms with Crippen molar-refractivity contribution in [3.63, 3.8) is 0 Å². The van der Waals surface area contributed by atoms with Crippen LogP contribution in [-0.4, -0.2) is 22.7 Å². The average molecular weight is 258 g/mol. The first-order valence-electron chi connectivity index (χ1n) is 7.30. The number of unbranched alkanes of at least 4 members (excludes halogenated alkanes) is 1. The number of H-pyrrole nitrogens is 1. The molecule has 3 N–H and O–H groups in total. The largest absolute Gasteiger partial charge is 0.395 e. The van der Waals surface area contributed by atoms with E-state index in [-0.39, 0.29) is 12.6 Å². The van der Waals surface area contributed by atoms with E-state index in [1.807, 2.05) is 0 Å². The molecule has 1 aromatic carbocycles. The summed E-state index contributed by atoms with van der Waals surface area (Å²) < 4.78 is 0. The van der Waals surface area contributed by atoms with Crippen LogP contribution >= 0.6 is 0 Å². The van der Waals surface area contributed by atoms with E-state index in [9.17, 15) is 5.11 Å². The molecule has 2 heterocycles. The molecular weight excluding hydrogens is 236 g/mol. The highest BCUT2D eigenvalue weighted by molar-refractivity contribution is 5.85. The topological polar surface area (TPSA) is 48.0 Å². The van der Waals surface area contributed by atoms with Gasteiger partial charge >= 0.3 is 0 Å². The molecule has 19 heavy (non-hydrogen) atoms. The van der Waals surface area contributed by atoms with Crippen LogP contribution in [0.5, 0.6) is 0 Å². The van der Waals surface area contributed by atoms with Gasteiger partial charge in [-0.25, -0.2) is 0 Å². The quantitative estimate of drug-likeness (QED) is 0.789. The second-order valence-electron chi connectivity index (χ2n) is 5.51. The van der Waals surface area contributed by atoms with E-state index in [1.54, 1.807) is 0 Å². The minimum atomic E-state index is 0.188. The summed E-state index contributed by atoms with van der Waals surface area (Å²) in [5.74, 6) is 0. The zero-order chi connectivity index (χ0) is 13.2. The summed E-state index contributed by atoms with van der Waals surface area (Å²) in [6.07, 6.45) is 4.47. The van der Waals surface area contributed by atoms with Gasteiger partial charge in [-0.1, -0.05) is 38.0 Å². The normalized spacial score (nSPS) is 22.6. The lowest BCUT2D eigenvalue weighted by Gasteiger charge is -2.30. The second-order valence-corrected chi connectivity index (χ2v) is 5.51. The molecule has 1 aliphatic rings. The summed E-state index contributed by atoms with van der Waals surface area (Å²) in [5.41, 5.74) is 3.95. The van der Waals surface area contributed by atoms with Gasteiger partial charge in [0.1, 0.15) is 0 Å². The number of rotatable bonds is 4. The zero-order valence-corrected chi connectivity index (χ0v) is 11.4. The van der Waals surface area contributed by atoms with Crippen molar-refractivity contribution in [1.29, 1.82) is 0 Å². The Hall–Kier alpha value is -1.32. The summed E-state index contributed by atoms with van der Waals surface area (Å²) in [6.45, 7) is 2.43. The van der Waals surface area contributed by atoms with Gasteiger partial charge in [-0.3, -0.25) is 0 Å². The molecular formula is C16H22N2O. The van der Waals surface area contributed by atoms with E-state index >= 15 is 0 Å². The fraction of sp³-hybridized carbons (Fsp3) is 0.500. The molecule has 0 unspecified atom stereocenters. The minimum Gasteiger partial charge on any atom is -0.395 e. The molecule has 0 saturated heterocycles. The highest BCUT2D eigenvalue weighted by atomic mass is 16.3. The first kappa shape index (κ1) is 12.7. The third kappa shape index (κ3) is 2.28. The van der Waals surface area contributed by atoms with Crippen LogP contribution in [0, 0.1) is 0 Å². The zero-order valence-electron chi connectivity index (χ0n) is 11.4. The van der Waals surface area contributed by atoms with Gasteiger partial charge in [0.25, 0.3) is 0 Å². The highest BCUT2D eigenvalue weighted by Gasteiger charge is 2.28. The average Bonchev–Trinajstić information content (AvgIpc) is 2.83. The Morgan fingerprint density at radius 2 is 2.16 bits per heavy atom. The van der Waals surface area contributed by atoms with Gasteiger partial charge in [0.05, 0.1) is 6.61 Å². The molecule has 1 aliphatic heterocycles. The molecule has 2 atom stereocenters. The Balaban J connectivity index is 2.02. The van der Waals surface area contributed by atoms with E-state index in [0.717, 1.165) is 12.8 Å². The van der Waals surface area contributed by atoms with Gasteiger partial charge in [0.15, 0.2) is 0 Å². The van der Waals surface area contributed by atoms with E-state index in [4.69, 9.17) is 0 Å². The number of fused-ring (bicyclic) bond motifs is 3. The van der Waals surface area contributed by atoms with Crippen molar-refractivity contribution < 1.29 is 5.11 Å². The summed E-state index contributed by atoms with van der Waals surface area (Å²) >= 11 is 0. The first-order chi connectivity index (χ1) is 9.33. The standard InChI is InChI=1S/C16H22N2O/c1-2-3-7-15-16-13(9-11(10-19)17-15)12-6-4-5-8-14(12)18-16/h4-6,8,11,15,17-19H,2-3,7,9-10H2,1H3/t11-,15-/m1/s1. The fourth-order valence-corrected chi connectivity index (χ4v) is 3.16. The fourth-order valence-electron chi connectivity index (χ4n) is 3.16. The number of benzene rings is 1. The Bertz CT molecular complexity index is 561. The van der Waals surface area contributed by atoms with Gasteiger partial charge in [-0.15, -0.1) is 0 Å². The van der Waals surface area contributed by atoms with Crippen molar-refractivity contribution in [3.8, 4) is 0 Å². The molecule has 102 valence electrons. The second kappa shape index (κ2) is 5.35. The molecule has 0 bridgehead atoms. The van der Waals surface area contributed by atoms with Crippen LogP contribution in [-0.2, 0) is 6.42 Å². The molecule has 2 aromatic rings. The monoisotopic (exact) mass is 258 g/mol. The maximum Gasteiger partial charge on any atom is 0.0588 e. The van der Waals surface area contributed by atoms with Crippen molar-refractivity contribution in [2.75, 3.05) is 6.61 Å². The number of aromatic amines is 1. The summed E-state index contributed by atoms with van der Waals surface area (Å²) in [4.78, 5) is 3.58. The van der Waals surface area contributed by atoms with Crippen LogP contribution in [0.4, 0.5) is 0 Å². The van der Waals surface area contributed by atoms with Gasteiger partial charge in [0.2, 0.25) is 0 Å². The molecule has 0 amide bonds. The van der Waals surface area contributed by atoms with Crippen LogP contribution in [0.15, 0.2) is 24.3 Å². The Morgan fingerprint density at radius 3 is 2.95 bits per heavy atom. The predicted molar refractivity (Wildman–Crippen MR) is 78.3 cm³/mol. The number of hydrogen-bond donors (Lipinski definition) is 3. The van der Waals surface area contributed by atoms with Crippen molar-refractivity contribution >= 4 is 10.9 Å².